The van der Waals surface area contributed by atoms with Crippen molar-refractivity contribution < 1.29 is 18.4 Å². The van der Waals surface area contributed by atoms with E-state index in [4.69, 9.17) is 8.83 Å². The van der Waals surface area contributed by atoms with Gasteiger partial charge in [0.15, 0.2) is 0 Å². The third-order valence-electron chi connectivity index (χ3n) is 5.00. The maximum atomic E-state index is 13.0. The lowest BCUT2D eigenvalue weighted by atomic mass is 10.1. The summed E-state index contributed by atoms with van der Waals surface area (Å²) in [5.41, 5.74) is 2.47. The Bertz CT molecular complexity index is 1450. The molecule has 0 fully saturated rings. The molecular weight excluding hydrogens is 404 g/mol. The number of furan rings is 2. The number of anilines is 1. The molecule has 0 radical (unpaired) electrons. The fourth-order valence-electron chi connectivity index (χ4n) is 3.46. The number of carbonyl (C=O) groups is 2. The Kier molecular flexibility index (Phi) is 5.01. The van der Waals surface area contributed by atoms with Gasteiger partial charge >= 0.3 is 0 Å². The van der Waals surface area contributed by atoms with Crippen molar-refractivity contribution in [1.29, 1.82) is 0 Å². The summed E-state index contributed by atoms with van der Waals surface area (Å²) in [7, 11) is 0. The monoisotopic (exact) mass is 422 g/mol. The first-order valence-electron chi connectivity index (χ1n) is 10.0. The zero-order valence-corrected chi connectivity index (χ0v) is 16.9. The maximum absolute atomic E-state index is 13.0. The molecule has 0 saturated carbocycles. The van der Waals surface area contributed by atoms with Crippen LogP contribution >= 0.6 is 0 Å². The molecule has 0 aliphatic heterocycles. The summed E-state index contributed by atoms with van der Waals surface area (Å²) in [5, 5.41) is 7.47. The Labute approximate surface area is 183 Å². The van der Waals surface area contributed by atoms with Gasteiger partial charge < -0.3 is 19.5 Å². The van der Waals surface area contributed by atoms with Crippen molar-refractivity contribution in [3.63, 3.8) is 0 Å². The summed E-state index contributed by atoms with van der Waals surface area (Å²) in [4.78, 5) is 25.7. The number of amides is 2. The summed E-state index contributed by atoms with van der Waals surface area (Å²) < 4.78 is 11.2. The lowest BCUT2D eigenvalue weighted by Crippen LogP contribution is -2.30. The van der Waals surface area contributed by atoms with Crippen molar-refractivity contribution in [2.75, 3.05) is 5.32 Å². The molecule has 5 rings (SSSR count). The Morgan fingerprint density at radius 2 is 1.56 bits per heavy atom. The molecule has 0 bridgehead atoms. The van der Waals surface area contributed by atoms with Crippen LogP contribution in [-0.2, 0) is 4.79 Å². The molecule has 6 nitrogen and oxygen atoms in total. The van der Waals surface area contributed by atoms with Gasteiger partial charge in [-0.3, -0.25) is 9.59 Å². The summed E-state index contributed by atoms with van der Waals surface area (Å²) in [5.74, 6) is -0.441. The summed E-state index contributed by atoms with van der Waals surface area (Å²) in [6.07, 6.45) is 2.98. The number of hydrogen-bond acceptors (Lipinski definition) is 4. The lowest BCUT2D eigenvalue weighted by molar-refractivity contribution is -0.113. The van der Waals surface area contributed by atoms with Gasteiger partial charge in [0.2, 0.25) is 0 Å². The van der Waals surface area contributed by atoms with Crippen molar-refractivity contribution in [3.05, 3.63) is 108 Å². The number of fused-ring (bicyclic) bond motifs is 3. The molecule has 0 saturated heterocycles. The number of carbonyl (C=O) groups excluding carboxylic acids is 2. The van der Waals surface area contributed by atoms with Gasteiger partial charge in [0.1, 0.15) is 22.6 Å². The lowest BCUT2D eigenvalue weighted by Gasteiger charge is -2.11. The first-order valence-corrected chi connectivity index (χ1v) is 10.0. The van der Waals surface area contributed by atoms with Crippen molar-refractivity contribution in [2.45, 2.75) is 0 Å². The largest absolute Gasteiger partial charge is 0.465 e. The molecule has 156 valence electrons. The van der Waals surface area contributed by atoms with Crippen LogP contribution in [0.2, 0.25) is 0 Å². The fraction of sp³-hybridized carbons (Fsp3) is 0. The predicted molar refractivity (Wildman–Crippen MR) is 123 cm³/mol. The molecule has 32 heavy (non-hydrogen) atoms. The van der Waals surface area contributed by atoms with E-state index in [9.17, 15) is 9.59 Å². The van der Waals surface area contributed by atoms with Crippen LogP contribution in [-0.4, -0.2) is 11.8 Å². The minimum absolute atomic E-state index is 0.0542. The van der Waals surface area contributed by atoms with Gasteiger partial charge in [0.25, 0.3) is 11.8 Å². The molecule has 2 aromatic heterocycles. The minimum Gasteiger partial charge on any atom is -0.465 e. The number of nitrogens with one attached hydrogen (secondary N) is 2. The van der Waals surface area contributed by atoms with Crippen LogP contribution in [0.1, 0.15) is 16.1 Å². The van der Waals surface area contributed by atoms with Crippen molar-refractivity contribution in [1.82, 2.24) is 5.32 Å². The molecule has 3 aromatic carbocycles. The van der Waals surface area contributed by atoms with Crippen LogP contribution in [0.3, 0.4) is 0 Å². The van der Waals surface area contributed by atoms with E-state index in [1.165, 1.54) is 12.3 Å². The van der Waals surface area contributed by atoms with Crippen LogP contribution in [0.15, 0.2) is 106 Å². The quantitative estimate of drug-likeness (QED) is 0.362. The van der Waals surface area contributed by atoms with Crippen LogP contribution < -0.4 is 10.6 Å². The van der Waals surface area contributed by atoms with Gasteiger partial charge in [-0.1, -0.05) is 36.4 Å². The zero-order valence-electron chi connectivity index (χ0n) is 16.9. The smallest absolute Gasteiger partial charge is 0.272 e. The van der Waals surface area contributed by atoms with Crippen LogP contribution in [0.4, 0.5) is 5.69 Å². The second kappa shape index (κ2) is 8.28. The highest BCUT2D eigenvalue weighted by Crippen LogP contribution is 2.30. The summed E-state index contributed by atoms with van der Waals surface area (Å²) in [6, 6.07) is 25.3. The predicted octanol–water partition coefficient (Wildman–Crippen LogP) is 5.59. The van der Waals surface area contributed by atoms with E-state index in [2.05, 4.69) is 10.6 Å². The average molecular weight is 422 g/mol. The van der Waals surface area contributed by atoms with Gasteiger partial charge in [-0.15, -0.1) is 0 Å². The molecule has 6 heteroatoms. The van der Waals surface area contributed by atoms with E-state index in [1.54, 1.807) is 48.5 Å². The molecule has 2 heterocycles. The molecule has 0 unspecified atom stereocenters. The number of rotatable bonds is 5. The molecular formula is C26H18N2O4. The molecule has 2 amide bonds. The van der Waals surface area contributed by atoms with Crippen LogP contribution in [0.5, 0.6) is 0 Å². The highest BCUT2D eigenvalue weighted by Gasteiger charge is 2.16. The Balaban J connectivity index is 1.43. The second-order valence-corrected chi connectivity index (χ2v) is 7.16. The first-order chi connectivity index (χ1) is 15.7. The molecule has 0 aliphatic carbocycles. The molecule has 0 spiro atoms. The first kappa shape index (κ1) is 19.4. The van der Waals surface area contributed by atoms with Crippen molar-refractivity contribution in [3.8, 4) is 0 Å². The average Bonchev–Trinajstić information content (AvgIpc) is 3.46. The molecule has 5 aromatic rings. The van der Waals surface area contributed by atoms with Crippen molar-refractivity contribution in [2.24, 2.45) is 0 Å². The summed E-state index contributed by atoms with van der Waals surface area (Å²) in [6.45, 7) is 0. The van der Waals surface area contributed by atoms with Gasteiger partial charge in [-0.2, -0.15) is 0 Å². The third kappa shape index (κ3) is 3.89. The van der Waals surface area contributed by atoms with Crippen LogP contribution in [0, 0.1) is 0 Å². The van der Waals surface area contributed by atoms with E-state index in [1.807, 2.05) is 36.4 Å². The SMILES string of the molecule is O=C(Nc1ccc2c(c1)oc1ccccc12)/C(=C/c1ccco1)NC(=O)c1ccccc1. The minimum atomic E-state index is -0.485. The van der Waals surface area contributed by atoms with E-state index in [0.717, 1.165) is 16.4 Å². The van der Waals surface area contributed by atoms with Crippen LogP contribution in [0.25, 0.3) is 28.0 Å². The zero-order chi connectivity index (χ0) is 21.9. The molecule has 2 N–H and O–H groups in total. The number of hydrogen-bond donors (Lipinski definition) is 2. The Morgan fingerprint density at radius 1 is 0.781 bits per heavy atom. The highest BCUT2D eigenvalue weighted by molar-refractivity contribution is 6.12. The van der Waals surface area contributed by atoms with Gasteiger partial charge in [0, 0.05) is 34.2 Å². The topological polar surface area (TPSA) is 84.5 Å². The Morgan fingerprint density at radius 3 is 2.38 bits per heavy atom. The number of para-hydroxylation sites is 1. The van der Waals surface area contributed by atoms with Crippen molar-refractivity contribution >= 4 is 45.5 Å². The highest BCUT2D eigenvalue weighted by atomic mass is 16.3. The van der Waals surface area contributed by atoms with Gasteiger partial charge in [-0.05, 0) is 42.5 Å². The standard InChI is InChI=1S/C26H18N2O4/c29-25(17-7-2-1-3-8-17)28-22(16-19-9-6-14-31-19)26(30)27-18-12-13-21-20-10-4-5-11-23(20)32-24(21)15-18/h1-16H,(H,27,30)(H,28,29)/b22-16-. The van der Waals surface area contributed by atoms with Gasteiger partial charge in [0.05, 0.1) is 6.26 Å². The molecule has 0 atom stereocenters. The third-order valence-corrected chi connectivity index (χ3v) is 5.00. The fourth-order valence-corrected chi connectivity index (χ4v) is 3.46. The van der Waals surface area contributed by atoms with E-state index in [0.29, 0.717) is 22.6 Å². The maximum Gasteiger partial charge on any atom is 0.272 e. The number of benzene rings is 3. The van der Waals surface area contributed by atoms with E-state index < -0.39 is 11.8 Å². The normalized spacial score (nSPS) is 11.6. The van der Waals surface area contributed by atoms with E-state index >= 15 is 0 Å². The second-order valence-electron chi connectivity index (χ2n) is 7.16. The van der Waals surface area contributed by atoms with Gasteiger partial charge in [-0.25, -0.2) is 0 Å². The molecule has 0 aliphatic rings. The van der Waals surface area contributed by atoms with E-state index in [-0.39, 0.29) is 5.70 Å². The Hall–Kier alpha value is -4.58. The summed E-state index contributed by atoms with van der Waals surface area (Å²) >= 11 is 0.